The Bertz CT molecular complexity index is 322. The highest BCUT2D eigenvalue weighted by molar-refractivity contribution is 6.31. The minimum atomic E-state index is 0.499. The van der Waals surface area contributed by atoms with Crippen molar-refractivity contribution in [1.82, 2.24) is 14.6 Å². The molecule has 2 heterocycles. The molecule has 0 atom stereocenters. The molecule has 0 amide bonds. The molecule has 0 fully saturated rings. The molecule has 46 valence electrons. The molecule has 0 aliphatic carbocycles. The molecule has 3 nitrogen and oxygen atoms in total. The quantitative estimate of drug-likeness (QED) is 0.450. The van der Waals surface area contributed by atoms with Crippen LogP contribution in [0, 0.1) is 0 Å². The van der Waals surface area contributed by atoms with Gasteiger partial charge in [-0.3, -0.25) is 0 Å². The topological polar surface area (TPSA) is 30.2 Å². The van der Waals surface area contributed by atoms with E-state index < -0.39 is 0 Å². The lowest BCUT2D eigenvalue weighted by atomic mass is 10.1. The molecule has 2 aromatic heterocycles. The molecule has 0 spiro atoms. The zero-order chi connectivity index (χ0) is 6.97. The van der Waals surface area contributed by atoms with Gasteiger partial charge in [0, 0.05) is 18.0 Å². The largest absolute Gasteiger partial charge is 0.237 e. The van der Waals surface area contributed by atoms with Crippen LogP contribution < -0.4 is 5.59 Å². The van der Waals surface area contributed by atoms with E-state index in [1.165, 1.54) is 0 Å². The molecule has 4 heteroatoms. The highest BCUT2D eigenvalue weighted by atomic mass is 15.2. The van der Waals surface area contributed by atoms with Crippen molar-refractivity contribution < 1.29 is 0 Å². The Labute approximate surface area is 59.1 Å². The van der Waals surface area contributed by atoms with Gasteiger partial charge in [0.2, 0.25) is 0 Å². The lowest BCUT2D eigenvalue weighted by Crippen LogP contribution is -2.02. The van der Waals surface area contributed by atoms with Gasteiger partial charge in [-0.15, -0.1) is 0 Å². The number of nitrogens with zero attached hydrogens (tertiary/aromatic N) is 3. The predicted molar refractivity (Wildman–Crippen MR) is 38.4 cm³/mol. The van der Waals surface area contributed by atoms with Crippen LogP contribution in [0.15, 0.2) is 24.5 Å². The molecule has 0 saturated carbocycles. The zero-order valence-electron chi connectivity index (χ0n) is 5.23. The fourth-order valence-electron chi connectivity index (χ4n) is 0.848. The highest BCUT2D eigenvalue weighted by Crippen LogP contribution is 1.91. The maximum atomic E-state index is 5.42. The first kappa shape index (κ1) is 5.47. The third-order valence-electron chi connectivity index (χ3n) is 1.26. The van der Waals surface area contributed by atoms with E-state index in [-0.39, 0.29) is 0 Å². The van der Waals surface area contributed by atoms with Gasteiger partial charge >= 0.3 is 0 Å². The van der Waals surface area contributed by atoms with Gasteiger partial charge in [-0.25, -0.2) is 9.50 Å². The van der Waals surface area contributed by atoms with E-state index >= 15 is 0 Å². The summed E-state index contributed by atoms with van der Waals surface area (Å²) in [6.45, 7) is 0. The molecular weight excluding hydrogens is 125 g/mol. The SMILES string of the molecule is [B]c1cc2ncccn2n1. The summed E-state index contributed by atoms with van der Waals surface area (Å²) in [7, 11) is 5.42. The monoisotopic (exact) mass is 129 g/mol. The third-order valence-corrected chi connectivity index (χ3v) is 1.26. The van der Waals surface area contributed by atoms with E-state index in [0.29, 0.717) is 5.59 Å². The van der Waals surface area contributed by atoms with E-state index in [1.807, 2.05) is 0 Å². The Morgan fingerprint density at radius 2 is 2.40 bits per heavy atom. The molecule has 0 aliphatic rings. The average Bonchev–Trinajstić information content (AvgIpc) is 2.27. The second-order valence-corrected chi connectivity index (χ2v) is 1.99. The molecule has 0 unspecified atom stereocenters. The summed E-state index contributed by atoms with van der Waals surface area (Å²) in [5.41, 5.74) is 1.28. The number of fused-ring (bicyclic) bond motifs is 1. The van der Waals surface area contributed by atoms with Crippen molar-refractivity contribution in [3.63, 3.8) is 0 Å². The van der Waals surface area contributed by atoms with Gasteiger partial charge in [-0.1, -0.05) is 0 Å². The van der Waals surface area contributed by atoms with Gasteiger partial charge in [-0.2, -0.15) is 5.10 Å². The summed E-state index contributed by atoms with van der Waals surface area (Å²) in [6.07, 6.45) is 3.51. The fourth-order valence-corrected chi connectivity index (χ4v) is 0.848. The van der Waals surface area contributed by atoms with Crippen LogP contribution in [0.5, 0.6) is 0 Å². The van der Waals surface area contributed by atoms with Crippen molar-refractivity contribution in [2.45, 2.75) is 0 Å². The normalized spacial score (nSPS) is 10.4. The first-order valence-electron chi connectivity index (χ1n) is 2.92. The van der Waals surface area contributed by atoms with Gasteiger partial charge in [0.1, 0.15) is 7.85 Å². The Kier molecular flexibility index (Phi) is 1.00. The summed E-state index contributed by atoms with van der Waals surface area (Å²) in [5.74, 6) is 0. The van der Waals surface area contributed by atoms with E-state index in [4.69, 9.17) is 7.85 Å². The fraction of sp³-hybridized carbons (Fsp3) is 0. The smallest absolute Gasteiger partial charge is 0.154 e. The second kappa shape index (κ2) is 1.83. The lowest BCUT2D eigenvalue weighted by molar-refractivity contribution is 0.952. The van der Waals surface area contributed by atoms with Crippen molar-refractivity contribution in [2.75, 3.05) is 0 Å². The average molecular weight is 129 g/mol. The van der Waals surface area contributed by atoms with Crippen molar-refractivity contribution >= 4 is 19.1 Å². The highest BCUT2D eigenvalue weighted by Gasteiger charge is 1.93. The summed E-state index contributed by atoms with van der Waals surface area (Å²) in [5, 5.41) is 3.95. The molecule has 0 N–H and O–H groups in total. The Hall–Kier alpha value is -1.32. The predicted octanol–water partition coefficient (Wildman–Crippen LogP) is -0.477. The Morgan fingerprint density at radius 1 is 1.50 bits per heavy atom. The maximum Gasteiger partial charge on any atom is 0.154 e. The van der Waals surface area contributed by atoms with Crippen molar-refractivity contribution in [2.24, 2.45) is 0 Å². The molecule has 2 radical (unpaired) electrons. The molecule has 0 aliphatic heterocycles. The summed E-state index contributed by atoms with van der Waals surface area (Å²) in [6, 6.07) is 3.53. The van der Waals surface area contributed by atoms with Crippen LogP contribution in [0.25, 0.3) is 5.65 Å². The van der Waals surface area contributed by atoms with Crippen LogP contribution in [0.2, 0.25) is 0 Å². The van der Waals surface area contributed by atoms with Crippen LogP contribution in [0.4, 0.5) is 0 Å². The number of aromatic nitrogens is 3. The number of rotatable bonds is 0. The van der Waals surface area contributed by atoms with Gasteiger partial charge in [0.05, 0.1) is 0 Å². The second-order valence-electron chi connectivity index (χ2n) is 1.99. The minimum Gasteiger partial charge on any atom is -0.237 e. The standard InChI is InChI=1S/C6H4BN3/c7-5-4-6-8-2-1-3-10(6)9-5/h1-4H. The van der Waals surface area contributed by atoms with Gasteiger partial charge in [0.25, 0.3) is 0 Å². The van der Waals surface area contributed by atoms with E-state index in [2.05, 4.69) is 10.1 Å². The molecule has 2 rings (SSSR count). The molecule has 10 heavy (non-hydrogen) atoms. The Morgan fingerprint density at radius 3 is 3.20 bits per heavy atom. The number of hydrogen-bond acceptors (Lipinski definition) is 2. The third kappa shape index (κ3) is 0.691. The van der Waals surface area contributed by atoms with E-state index in [9.17, 15) is 0 Å². The zero-order valence-corrected chi connectivity index (χ0v) is 5.23. The minimum absolute atomic E-state index is 0.499. The summed E-state index contributed by atoms with van der Waals surface area (Å²) in [4.78, 5) is 4.02. The van der Waals surface area contributed by atoms with Crippen LogP contribution in [0.1, 0.15) is 0 Å². The molecule has 2 aromatic rings. The lowest BCUT2D eigenvalue weighted by Gasteiger charge is -1.86. The molecular formula is C6H4BN3. The van der Waals surface area contributed by atoms with Crippen molar-refractivity contribution in [3.8, 4) is 0 Å². The van der Waals surface area contributed by atoms with Crippen LogP contribution in [0.3, 0.4) is 0 Å². The van der Waals surface area contributed by atoms with E-state index in [1.54, 1.807) is 29.0 Å². The molecule has 0 aromatic carbocycles. The van der Waals surface area contributed by atoms with E-state index in [0.717, 1.165) is 5.65 Å². The number of hydrogen-bond donors (Lipinski definition) is 0. The van der Waals surface area contributed by atoms with Crippen molar-refractivity contribution in [3.05, 3.63) is 24.5 Å². The summed E-state index contributed by atoms with van der Waals surface area (Å²) >= 11 is 0. The van der Waals surface area contributed by atoms with Crippen LogP contribution in [-0.4, -0.2) is 22.4 Å². The molecule has 0 saturated heterocycles. The van der Waals surface area contributed by atoms with Gasteiger partial charge in [-0.05, 0) is 12.1 Å². The summed E-state index contributed by atoms with van der Waals surface area (Å²) < 4.78 is 1.63. The molecule has 0 bridgehead atoms. The first-order valence-corrected chi connectivity index (χ1v) is 2.92. The first-order chi connectivity index (χ1) is 4.86. The van der Waals surface area contributed by atoms with Crippen LogP contribution in [-0.2, 0) is 0 Å². The Balaban J connectivity index is 2.88. The van der Waals surface area contributed by atoms with Crippen LogP contribution >= 0.6 is 0 Å². The van der Waals surface area contributed by atoms with Crippen molar-refractivity contribution in [1.29, 1.82) is 0 Å². The maximum absolute atomic E-state index is 5.42. The van der Waals surface area contributed by atoms with Gasteiger partial charge in [0.15, 0.2) is 5.65 Å². The van der Waals surface area contributed by atoms with Gasteiger partial charge < -0.3 is 0 Å².